The molecule has 5 nitrogen and oxygen atoms in total. The molecule has 182 valence electrons. The van der Waals surface area contributed by atoms with Crippen LogP contribution in [0.2, 0.25) is 0 Å². The van der Waals surface area contributed by atoms with E-state index >= 15 is 0 Å². The Morgan fingerprint density at radius 3 is 2.42 bits per heavy atom. The van der Waals surface area contributed by atoms with E-state index in [1.54, 1.807) is 14.2 Å². The van der Waals surface area contributed by atoms with Crippen LogP contribution in [0.4, 0.5) is 0 Å². The molecule has 3 atom stereocenters. The van der Waals surface area contributed by atoms with Gasteiger partial charge in [-0.05, 0) is 82.0 Å². The number of ether oxygens (including phenoxy) is 2. The predicted molar refractivity (Wildman–Crippen MR) is 137 cm³/mol. The van der Waals surface area contributed by atoms with E-state index in [0.29, 0.717) is 18.5 Å². The first kappa shape index (κ1) is 25.5. The highest BCUT2D eigenvalue weighted by Crippen LogP contribution is 2.44. The average Bonchev–Trinajstić information content (AvgIpc) is 2.84. The zero-order valence-corrected chi connectivity index (χ0v) is 21.2. The number of methoxy groups -OCH3 is 2. The number of hydrogen-bond donors (Lipinski definition) is 1. The highest BCUT2D eigenvalue weighted by Gasteiger charge is 2.43. The second-order valence-corrected chi connectivity index (χ2v) is 9.77. The van der Waals surface area contributed by atoms with Crippen molar-refractivity contribution in [3.63, 3.8) is 0 Å². The van der Waals surface area contributed by atoms with Crippen LogP contribution < -0.4 is 15.2 Å². The third kappa shape index (κ3) is 6.08. The highest BCUT2D eigenvalue weighted by molar-refractivity contribution is 5.42. The predicted octanol–water partition coefficient (Wildman–Crippen LogP) is 4.54. The fraction of sp³-hybridized carbons (Fsp3) is 0.571. The van der Waals surface area contributed by atoms with E-state index in [4.69, 9.17) is 15.2 Å². The summed E-state index contributed by atoms with van der Waals surface area (Å²) in [5.74, 6) is 2.15. The molecule has 5 heteroatoms. The Morgan fingerprint density at radius 2 is 1.76 bits per heavy atom. The largest absolute Gasteiger partial charge is 0.493 e. The first-order valence-electron chi connectivity index (χ1n) is 12.3. The van der Waals surface area contributed by atoms with Gasteiger partial charge < -0.3 is 20.1 Å². The first-order valence-corrected chi connectivity index (χ1v) is 12.3. The molecule has 0 amide bonds. The van der Waals surface area contributed by atoms with Crippen molar-refractivity contribution in [3.8, 4) is 11.5 Å². The molecule has 2 aromatic rings. The molecule has 0 aliphatic carbocycles. The fourth-order valence-corrected chi connectivity index (χ4v) is 5.52. The Morgan fingerprint density at radius 1 is 1.03 bits per heavy atom. The van der Waals surface area contributed by atoms with Gasteiger partial charge >= 0.3 is 0 Å². The smallest absolute Gasteiger partial charge is 0.161 e. The van der Waals surface area contributed by atoms with Crippen LogP contribution in [-0.2, 0) is 12.0 Å². The van der Waals surface area contributed by atoms with Crippen LogP contribution in [0.5, 0.6) is 11.5 Å². The van der Waals surface area contributed by atoms with Crippen LogP contribution in [0.1, 0.15) is 44.2 Å². The second kappa shape index (κ2) is 11.9. The minimum atomic E-state index is 0.186. The SMILES string of the molecule is COc1ccc(CN(CCCN)CC[C@]2(c3ccccc3)C[C@H](C)N(C)C[C@H]2C)cc1OC. The fourth-order valence-electron chi connectivity index (χ4n) is 5.52. The summed E-state index contributed by atoms with van der Waals surface area (Å²) in [6, 6.07) is 18.0. The van der Waals surface area contributed by atoms with Crippen molar-refractivity contribution in [2.45, 2.75) is 51.1 Å². The molecule has 1 fully saturated rings. The van der Waals surface area contributed by atoms with Crippen molar-refractivity contribution in [2.24, 2.45) is 11.7 Å². The van der Waals surface area contributed by atoms with Gasteiger partial charge in [0.25, 0.3) is 0 Å². The minimum Gasteiger partial charge on any atom is -0.493 e. The van der Waals surface area contributed by atoms with Crippen molar-refractivity contribution in [1.29, 1.82) is 0 Å². The lowest BCUT2D eigenvalue weighted by Gasteiger charge is -2.50. The van der Waals surface area contributed by atoms with Gasteiger partial charge in [0, 0.05) is 24.5 Å². The number of likely N-dealkylation sites (tertiary alicyclic amines) is 1. The zero-order valence-electron chi connectivity index (χ0n) is 21.2. The Bertz CT molecular complexity index is 859. The van der Waals surface area contributed by atoms with E-state index in [2.05, 4.69) is 73.2 Å². The summed E-state index contributed by atoms with van der Waals surface area (Å²) in [4.78, 5) is 5.08. The van der Waals surface area contributed by atoms with Crippen molar-refractivity contribution >= 4 is 0 Å². The lowest BCUT2D eigenvalue weighted by Crippen LogP contribution is -2.52. The number of piperidine rings is 1. The summed E-state index contributed by atoms with van der Waals surface area (Å²) >= 11 is 0. The van der Waals surface area contributed by atoms with Gasteiger partial charge in [-0.2, -0.15) is 0 Å². The molecule has 1 heterocycles. The summed E-state index contributed by atoms with van der Waals surface area (Å²) in [5, 5.41) is 0. The topological polar surface area (TPSA) is 51.0 Å². The van der Waals surface area contributed by atoms with Crippen LogP contribution in [0.3, 0.4) is 0 Å². The third-order valence-electron chi connectivity index (χ3n) is 7.67. The summed E-state index contributed by atoms with van der Waals surface area (Å²) < 4.78 is 11.0. The van der Waals surface area contributed by atoms with Crippen LogP contribution in [0.25, 0.3) is 0 Å². The third-order valence-corrected chi connectivity index (χ3v) is 7.67. The molecule has 0 radical (unpaired) electrons. The summed E-state index contributed by atoms with van der Waals surface area (Å²) in [7, 11) is 5.64. The Hall–Kier alpha value is -2.08. The Kier molecular flexibility index (Phi) is 9.19. The van der Waals surface area contributed by atoms with Crippen molar-refractivity contribution in [1.82, 2.24) is 9.80 Å². The van der Waals surface area contributed by atoms with E-state index in [0.717, 1.165) is 50.5 Å². The standard InChI is InChI=1S/C28H43N3O2/c1-22-20-30(3)23(2)19-28(22,25-10-7-6-8-11-25)14-17-31(16-9-15-29)21-24-12-13-26(32-4)27(18-24)33-5/h6-8,10-13,18,22-23H,9,14-17,19-21,29H2,1-5H3/t22-,23+,28+/m1/s1. The van der Waals surface area contributed by atoms with Gasteiger partial charge in [0.2, 0.25) is 0 Å². The number of hydrogen-bond acceptors (Lipinski definition) is 5. The first-order chi connectivity index (χ1) is 15.9. The molecule has 33 heavy (non-hydrogen) atoms. The van der Waals surface area contributed by atoms with E-state index in [-0.39, 0.29) is 5.41 Å². The molecular weight excluding hydrogens is 410 g/mol. The van der Waals surface area contributed by atoms with E-state index in [9.17, 15) is 0 Å². The summed E-state index contributed by atoms with van der Waals surface area (Å²) in [5.41, 5.74) is 8.81. The maximum atomic E-state index is 5.90. The minimum absolute atomic E-state index is 0.186. The van der Waals surface area contributed by atoms with Gasteiger partial charge in [0.15, 0.2) is 11.5 Å². The van der Waals surface area contributed by atoms with Gasteiger partial charge in [0.1, 0.15) is 0 Å². The normalized spacial score (nSPS) is 23.6. The van der Waals surface area contributed by atoms with Crippen molar-refractivity contribution in [3.05, 3.63) is 59.7 Å². The van der Waals surface area contributed by atoms with Crippen molar-refractivity contribution in [2.75, 3.05) is 47.4 Å². The molecular formula is C28H43N3O2. The summed E-state index contributed by atoms with van der Waals surface area (Å²) in [6.07, 6.45) is 3.34. The van der Waals surface area contributed by atoms with Crippen LogP contribution in [-0.4, -0.2) is 63.3 Å². The Labute approximate surface area is 200 Å². The maximum Gasteiger partial charge on any atom is 0.161 e. The molecule has 2 N–H and O–H groups in total. The van der Waals surface area contributed by atoms with E-state index < -0.39 is 0 Å². The molecule has 0 bridgehead atoms. The van der Waals surface area contributed by atoms with Gasteiger partial charge in [0.05, 0.1) is 14.2 Å². The molecule has 0 unspecified atom stereocenters. The quantitative estimate of drug-likeness (QED) is 0.541. The molecule has 0 spiro atoms. The molecule has 0 aromatic heterocycles. The van der Waals surface area contributed by atoms with Gasteiger partial charge in [-0.1, -0.05) is 43.3 Å². The van der Waals surface area contributed by atoms with Crippen LogP contribution >= 0.6 is 0 Å². The number of rotatable bonds is 11. The average molecular weight is 454 g/mol. The van der Waals surface area contributed by atoms with Crippen molar-refractivity contribution < 1.29 is 9.47 Å². The molecule has 1 aliphatic heterocycles. The van der Waals surface area contributed by atoms with E-state index in [1.165, 1.54) is 17.5 Å². The lowest BCUT2D eigenvalue weighted by atomic mass is 9.63. The van der Waals surface area contributed by atoms with Crippen LogP contribution in [0.15, 0.2) is 48.5 Å². The zero-order chi connectivity index (χ0) is 23.8. The number of benzene rings is 2. The monoisotopic (exact) mass is 453 g/mol. The highest BCUT2D eigenvalue weighted by atomic mass is 16.5. The maximum absolute atomic E-state index is 5.90. The van der Waals surface area contributed by atoms with Gasteiger partial charge in [-0.15, -0.1) is 0 Å². The summed E-state index contributed by atoms with van der Waals surface area (Å²) in [6.45, 7) is 9.59. The lowest BCUT2D eigenvalue weighted by molar-refractivity contribution is 0.0600. The molecule has 1 saturated heterocycles. The molecule has 3 rings (SSSR count). The number of nitrogens with zero attached hydrogens (tertiary/aromatic N) is 2. The second-order valence-electron chi connectivity index (χ2n) is 9.77. The molecule has 1 aliphatic rings. The Balaban J connectivity index is 1.82. The van der Waals surface area contributed by atoms with Crippen LogP contribution in [0, 0.1) is 5.92 Å². The molecule has 2 aromatic carbocycles. The van der Waals surface area contributed by atoms with E-state index in [1.807, 2.05) is 6.07 Å². The number of nitrogens with two attached hydrogens (primary N) is 1. The van der Waals surface area contributed by atoms with Gasteiger partial charge in [-0.25, -0.2) is 0 Å². The molecule has 0 saturated carbocycles. The van der Waals surface area contributed by atoms with Gasteiger partial charge in [-0.3, -0.25) is 4.90 Å².